The number of benzene rings is 2. The highest BCUT2D eigenvalue weighted by atomic mass is 32.2. The first-order chi connectivity index (χ1) is 14.1. The van der Waals surface area contributed by atoms with Crippen LogP contribution in [0.3, 0.4) is 0 Å². The van der Waals surface area contributed by atoms with E-state index in [9.17, 15) is 4.79 Å². The van der Waals surface area contributed by atoms with Gasteiger partial charge in [0, 0.05) is 36.5 Å². The molecule has 1 aliphatic heterocycles. The molecule has 2 aromatic rings. The maximum Gasteiger partial charge on any atom is 0.276 e. The van der Waals surface area contributed by atoms with Gasteiger partial charge < -0.3 is 14.8 Å². The van der Waals surface area contributed by atoms with Gasteiger partial charge in [0.1, 0.15) is 11.4 Å². The number of hydrogen-bond acceptors (Lipinski definition) is 5. The predicted octanol–water partition coefficient (Wildman–Crippen LogP) is 4.08. The number of thiocarbonyl (C=S) groups is 1. The first kappa shape index (κ1) is 21.4. The Morgan fingerprint density at radius 3 is 2.69 bits per heavy atom. The van der Waals surface area contributed by atoms with Crippen LogP contribution < -0.4 is 10.1 Å². The minimum Gasteiger partial charge on any atom is -0.496 e. The normalized spacial score (nSPS) is 15.1. The van der Waals surface area contributed by atoms with Crippen molar-refractivity contribution in [3.05, 3.63) is 65.4 Å². The van der Waals surface area contributed by atoms with Crippen LogP contribution in [0.4, 0.5) is 0 Å². The van der Waals surface area contributed by atoms with Gasteiger partial charge in [-0.3, -0.25) is 9.69 Å². The largest absolute Gasteiger partial charge is 0.496 e. The summed E-state index contributed by atoms with van der Waals surface area (Å²) in [5.74, 6) is 1.49. The topological polar surface area (TPSA) is 50.8 Å². The van der Waals surface area contributed by atoms with Crippen LogP contribution in [-0.4, -0.2) is 43.3 Å². The Balaban J connectivity index is 1.71. The maximum absolute atomic E-state index is 12.6. The quantitative estimate of drug-likeness (QED) is 0.281. The second kappa shape index (κ2) is 10.4. The first-order valence-corrected chi connectivity index (χ1v) is 10.7. The molecule has 1 amide bonds. The molecule has 1 N–H and O–H groups in total. The molecule has 0 unspecified atom stereocenters. The SMILES string of the molecule is COCCCN1C(=O)/C(=C\c2ccc(CSc3ccccc3)c(OC)c2)NC1=S. The van der Waals surface area contributed by atoms with E-state index < -0.39 is 0 Å². The fraction of sp³-hybridized carbons (Fsp3) is 0.273. The maximum atomic E-state index is 12.6. The average molecular weight is 429 g/mol. The lowest BCUT2D eigenvalue weighted by Crippen LogP contribution is -2.32. The van der Waals surface area contributed by atoms with Crippen LogP contribution in [0, 0.1) is 0 Å². The third kappa shape index (κ3) is 5.59. The van der Waals surface area contributed by atoms with Crippen LogP contribution in [0.1, 0.15) is 17.5 Å². The van der Waals surface area contributed by atoms with Crippen molar-refractivity contribution >= 4 is 41.1 Å². The third-order valence-electron chi connectivity index (χ3n) is 4.45. The average Bonchev–Trinajstić information content (AvgIpc) is 3.01. The Bertz CT molecular complexity index is 900. The summed E-state index contributed by atoms with van der Waals surface area (Å²) in [6, 6.07) is 16.2. The van der Waals surface area contributed by atoms with Crippen molar-refractivity contribution in [2.45, 2.75) is 17.1 Å². The van der Waals surface area contributed by atoms with E-state index in [1.807, 2.05) is 42.5 Å². The molecule has 1 aliphatic rings. The number of hydrogen-bond donors (Lipinski definition) is 1. The Hall–Kier alpha value is -2.35. The molecule has 0 aliphatic carbocycles. The summed E-state index contributed by atoms with van der Waals surface area (Å²) in [5, 5.41) is 3.44. The van der Waals surface area contributed by atoms with Gasteiger partial charge in [-0.15, -0.1) is 11.8 Å². The van der Waals surface area contributed by atoms with E-state index in [1.54, 1.807) is 30.9 Å². The summed E-state index contributed by atoms with van der Waals surface area (Å²) >= 11 is 7.05. The fourth-order valence-corrected chi connectivity index (χ4v) is 4.15. The number of nitrogens with one attached hydrogen (secondary N) is 1. The molecule has 1 heterocycles. The molecule has 1 fully saturated rings. The van der Waals surface area contributed by atoms with Crippen molar-refractivity contribution < 1.29 is 14.3 Å². The van der Waals surface area contributed by atoms with Gasteiger partial charge in [-0.1, -0.05) is 30.3 Å². The van der Waals surface area contributed by atoms with Gasteiger partial charge in [0.2, 0.25) is 0 Å². The lowest BCUT2D eigenvalue weighted by Gasteiger charge is -2.13. The first-order valence-electron chi connectivity index (χ1n) is 9.30. The monoisotopic (exact) mass is 428 g/mol. The van der Waals surface area contributed by atoms with Gasteiger partial charge in [0.05, 0.1) is 7.11 Å². The standard InChI is InChI=1S/C22H24N2O3S2/c1-26-12-6-11-24-21(25)19(23-22(24)28)13-16-9-10-17(20(14-16)27-2)15-29-18-7-4-3-5-8-18/h3-5,7-10,13-14H,6,11-12,15H2,1-2H3,(H,23,28)/b19-13+. The number of methoxy groups -OCH3 is 2. The van der Waals surface area contributed by atoms with E-state index in [4.69, 9.17) is 21.7 Å². The Morgan fingerprint density at radius 2 is 1.97 bits per heavy atom. The highest BCUT2D eigenvalue weighted by Crippen LogP contribution is 2.29. The summed E-state index contributed by atoms with van der Waals surface area (Å²) in [6.07, 6.45) is 2.54. The lowest BCUT2D eigenvalue weighted by atomic mass is 10.1. The van der Waals surface area contributed by atoms with Crippen molar-refractivity contribution in [1.82, 2.24) is 10.2 Å². The number of amides is 1. The van der Waals surface area contributed by atoms with Crippen LogP contribution in [0.25, 0.3) is 6.08 Å². The second-order valence-electron chi connectivity index (χ2n) is 6.46. The molecule has 0 spiro atoms. The van der Waals surface area contributed by atoms with Gasteiger partial charge in [0.25, 0.3) is 5.91 Å². The molecule has 2 aromatic carbocycles. The molecule has 0 bridgehead atoms. The molecule has 0 radical (unpaired) electrons. The van der Waals surface area contributed by atoms with Crippen LogP contribution >= 0.6 is 24.0 Å². The summed E-state index contributed by atoms with van der Waals surface area (Å²) in [4.78, 5) is 15.4. The zero-order valence-electron chi connectivity index (χ0n) is 16.5. The van der Waals surface area contributed by atoms with Crippen molar-refractivity contribution in [3.8, 4) is 5.75 Å². The minimum atomic E-state index is -0.117. The highest BCUT2D eigenvalue weighted by Gasteiger charge is 2.30. The Kier molecular flexibility index (Phi) is 7.69. The third-order valence-corrected chi connectivity index (χ3v) is 5.84. The van der Waals surface area contributed by atoms with E-state index in [0.29, 0.717) is 24.0 Å². The van der Waals surface area contributed by atoms with Crippen LogP contribution in [-0.2, 0) is 15.3 Å². The molecule has 0 atom stereocenters. The number of nitrogens with zero attached hydrogens (tertiary/aromatic N) is 1. The molecule has 7 heteroatoms. The molecule has 29 heavy (non-hydrogen) atoms. The Morgan fingerprint density at radius 1 is 1.17 bits per heavy atom. The highest BCUT2D eigenvalue weighted by molar-refractivity contribution is 7.98. The van der Waals surface area contributed by atoms with Crippen molar-refractivity contribution in [2.75, 3.05) is 27.4 Å². The number of thioether (sulfide) groups is 1. The molecule has 3 rings (SSSR count). The number of carbonyl (C=O) groups excluding carboxylic acids is 1. The minimum absolute atomic E-state index is 0.117. The molecular weight excluding hydrogens is 404 g/mol. The second-order valence-corrected chi connectivity index (χ2v) is 7.90. The molecule has 152 valence electrons. The summed E-state index contributed by atoms with van der Waals surface area (Å²) < 4.78 is 10.6. The van der Waals surface area contributed by atoms with Crippen molar-refractivity contribution in [3.63, 3.8) is 0 Å². The van der Waals surface area contributed by atoms with E-state index in [2.05, 4.69) is 17.4 Å². The van der Waals surface area contributed by atoms with Crippen LogP contribution in [0.15, 0.2) is 59.1 Å². The molecular formula is C22H24N2O3S2. The van der Waals surface area contributed by atoms with E-state index >= 15 is 0 Å². The fourth-order valence-electron chi connectivity index (χ4n) is 2.96. The molecule has 5 nitrogen and oxygen atoms in total. The smallest absolute Gasteiger partial charge is 0.276 e. The predicted molar refractivity (Wildman–Crippen MR) is 121 cm³/mol. The molecule has 0 aromatic heterocycles. The van der Waals surface area contributed by atoms with Crippen LogP contribution in [0.5, 0.6) is 5.75 Å². The zero-order valence-corrected chi connectivity index (χ0v) is 18.1. The van der Waals surface area contributed by atoms with Crippen molar-refractivity contribution in [2.24, 2.45) is 0 Å². The number of rotatable bonds is 9. The summed E-state index contributed by atoms with van der Waals surface area (Å²) in [5.41, 5.74) is 2.46. The van der Waals surface area contributed by atoms with Gasteiger partial charge in [-0.25, -0.2) is 0 Å². The lowest BCUT2D eigenvalue weighted by molar-refractivity contribution is -0.122. The Labute approximate surface area is 181 Å². The summed E-state index contributed by atoms with van der Waals surface area (Å²) in [6.45, 7) is 1.12. The molecule has 1 saturated heterocycles. The van der Waals surface area contributed by atoms with Gasteiger partial charge in [0.15, 0.2) is 5.11 Å². The summed E-state index contributed by atoms with van der Waals surface area (Å²) in [7, 11) is 3.30. The van der Waals surface area contributed by atoms with Crippen LogP contribution in [0.2, 0.25) is 0 Å². The van der Waals surface area contributed by atoms with E-state index in [1.165, 1.54) is 4.90 Å². The molecule has 0 saturated carbocycles. The zero-order chi connectivity index (χ0) is 20.6. The van der Waals surface area contributed by atoms with Gasteiger partial charge in [-0.05, 0) is 48.5 Å². The number of carbonyl (C=O) groups is 1. The van der Waals surface area contributed by atoms with Gasteiger partial charge >= 0.3 is 0 Å². The van der Waals surface area contributed by atoms with E-state index in [-0.39, 0.29) is 5.91 Å². The van der Waals surface area contributed by atoms with Crippen molar-refractivity contribution in [1.29, 1.82) is 0 Å². The van der Waals surface area contributed by atoms with Gasteiger partial charge in [-0.2, -0.15) is 0 Å². The number of ether oxygens (including phenoxy) is 2. The van der Waals surface area contributed by atoms with E-state index in [0.717, 1.165) is 29.1 Å².